The van der Waals surface area contributed by atoms with Gasteiger partial charge in [0, 0.05) is 32.3 Å². The number of rotatable bonds is 10. The minimum absolute atomic E-state index is 0.0883. The van der Waals surface area contributed by atoms with Crippen LogP contribution in [0.1, 0.15) is 57.3 Å². The van der Waals surface area contributed by atoms with Crippen molar-refractivity contribution < 1.29 is 38.2 Å². The van der Waals surface area contributed by atoms with Gasteiger partial charge in [-0.2, -0.15) is 0 Å². The molecule has 1 aromatic heterocycles. The minimum atomic E-state index is -0.557. The summed E-state index contributed by atoms with van der Waals surface area (Å²) >= 11 is 9.27. The van der Waals surface area contributed by atoms with Crippen LogP contribution in [0.15, 0.2) is 76.6 Å². The van der Waals surface area contributed by atoms with Gasteiger partial charge in [-0.25, -0.2) is 9.59 Å². The maximum Gasteiger partial charge on any atom is 0.338 e. The standard InChI is InChI=1S/C39H34ClN3O9S2/c1-3-50-37(47)18-5-10-21(11-6-18)41-27(44)17-52-26-14-9-20(40)15-23(26)28-29-24-16-25(32(29)53-34-33(28)54-39(49)42-34)31-30(24)35(45)43(36(31)46)22-12-7-19(8-13-22)38(48)51-4-2/h5-15,24-25,28-32H,3-4,16-17H2,1-2H3,(H,41,44)(H,42,49)/t24-,25-,28-,29?,30?,31?,32?/m1/s1. The van der Waals surface area contributed by atoms with E-state index in [1.54, 1.807) is 92.3 Å². The van der Waals surface area contributed by atoms with Crippen molar-refractivity contribution in [3.05, 3.63) is 103 Å². The van der Waals surface area contributed by atoms with E-state index in [0.717, 1.165) is 21.2 Å². The van der Waals surface area contributed by atoms with E-state index < -0.39 is 35.6 Å². The molecule has 7 atom stereocenters. The molecule has 12 nitrogen and oxygen atoms in total. The lowest BCUT2D eigenvalue weighted by Gasteiger charge is -2.43. The van der Waals surface area contributed by atoms with Crippen LogP contribution < -0.4 is 19.8 Å². The number of hydrogen-bond donors (Lipinski definition) is 2. The second kappa shape index (κ2) is 14.4. The number of imide groups is 1. The Kier molecular flexibility index (Phi) is 9.61. The number of aromatic nitrogens is 1. The molecule has 2 N–H and O–H groups in total. The number of carbonyl (C=O) groups is 5. The lowest BCUT2D eigenvalue weighted by molar-refractivity contribution is -0.123. The van der Waals surface area contributed by atoms with Crippen molar-refractivity contribution >= 4 is 75.7 Å². The van der Waals surface area contributed by atoms with Crippen molar-refractivity contribution in [2.45, 2.75) is 36.5 Å². The number of thiazole rings is 1. The zero-order valence-electron chi connectivity index (χ0n) is 29.0. The highest BCUT2D eigenvalue weighted by molar-refractivity contribution is 8.00. The molecule has 4 aliphatic rings. The first-order valence-corrected chi connectivity index (χ1v) is 19.7. The number of carbonyl (C=O) groups excluding carboxylic acids is 5. The summed E-state index contributed by atoms with van der Waals surface area (Å²) in [7, 11) is 0. The number of fused-ring (bicyclic) bond motifs is 9. The Morgan fingerprint density at radius 2 is 1.50 bits per heavy atom. The fourth-order valence-corrected chi connectivity index (χ4v) is 11.8. The van der Waals surface area contributed by atoms with Gasteiger partial charge in [-0.3, -0.25) is 24.1 Å². The van der Waals surface area contributed by atoms with Crippen molar-refractivity contribution in [3.63, 3.8) is 0 Å². The molecule has 2 saturated carbocycles. The largest absolute Gasteiger partial charge is 0.483 e. The summed E-state index contributed by atoms with van der Waals surface area (Å²) in [5, 5.41) is 3.85. The highest BCUT2D eigenvalue weighted by atomic mass is 35.5. The molecule has 3 amide bonds. The van der Waals surface area contributed by atoms with Gasteiger partial charge < -0.3 is 24.5 Å². The van der Waals surface area contributed by atoms with Crippen LogP contribution in [0.4, 0.5) is 11.4 Å². The molecule has 15 heteroatoms. The molecule has 0 spiro atoms. The Morgan fingerprint density at radius 1 is 0.870 bits per heavy atom. The first-order chi connectivity index (χ1) is 26.1. The molecular weight excluding hydrogens is 754 g/mol. The number of ether oxygens (including phenoxy) is 3. The molecular formula is C39H34ClN3O9S2. The second-order valence-electron chi connectivity index (χ2n) is 13.6. The van der Waals surface area contributed by atoms with Crippen LogP contribution in [-0.2, 0) is 23.9 Å². The third kappa shape index (κ3) is 6.19. The summed E-state index contributed by atoms with van der Waals surface area (Å²) in [4.78, 5) is 83.3. The van der Waals surface area contributed by atoms with Gasteiger partial charge in [-0.05, 0) is 105 Å². The SMILES string of the molecule is CCOC(=O)c1ccc(NC(=O)COc2ccc(Cl)cc2[C@H]2c3sc(=O)[nH]c3SC3C2[C@H]2C[C@@H]3C3C(=O)N(c4ccc(C(=O)OCC)cc4)C(=O)C32)cc1. The van der Waals surface area contributed by atoms with Crippen LogP contribution >= 0.6 is 34.7 Å². The van der Waals surface area contributed by atoms with Gasteiger partial charge in [-0.1, -0.05) is 22.9 Å². The van der Waals surface area contributed by atoms with Crippen molar-refractivity contribution in [2.75, 3.05) is 30.0 Å². The van der Waals surface area contributed by atoms with Crippen LogP contribution in [-0.4, -0.2) is 59.7 Å². The van der Waals surface area contributed by atoms with E-state index in [4.69, 9.17) is 25.8 Å². The zero-order valence-corrected chi connectivity index (χ0v) is 31.4. The monoisotopic (exact) mass is 787 g/mol. The lowest BCUT2D eigenvalue weighted by Crippen LogP contribution is -2.42. The average molecular weight is 788 g/mol. The van der Waals surface area contributed by atoms with Crippen molar-refractivity contribution in [2.24, 2.45) is 29.6 Å². The quantitative estimate of drug-likeness (QED) is 0.141. The minimum Gasteiger partial charge on any atom is -0.483 e. The first kappa shape index (κ1) is 36.1. The third-order valence-electron chi connectivity index (χ3n) is 10.7. The number of nitrogens with one attached hydrogen (secondary N) is 2. The maximum absolute atomic E-state index is 14.2. The number of thioether (sulfide) groups is 1. The van der Waals surface area contributed by atoms with E-state index in [2.05, 4.69) is 10.3 Å². The van der Waals surface area contributed by atoms with Crippen LogP contribution in [0.25, 0.3) is 0 Å². The summed E-state index contributed by atoms with van der Waals surface area (Å²) in [6.07, 6.45) is 0.675. The Morgan fingerprint density at radius 3 is 2.15 bits per heavy atom. The van der Waals surface area contributed by atoms with E-state index in [9.17, 15) is 28.8 Å². The number of esters is 2. The highest BCUT2D eigenvalue weighted by Crippen LogP contribution is 2.69. The van der Waals surface area contributed by atoms with Gasteiger partial charge in [0.25, 0.3) is 5.91 Å². The predicted octanol–water partition coefficient (Wildman–Crippen LogP) is 6.14. The van der Waals surface area contributed by atoms with Gasteiger partial charge in [0.1, 0.15) is 5.75 Å². The molecule has 2 bridgehead atoms. The molecule has 4 unspecified atom stereocenters. The smallest absolute Gasteiger partial charge is 0.338 e. The number of aromatic amines is 1. The molecule has 3 aromatic carbocycles. The van der Waals surface area contributed by atoms with Crippen molar-refractivity contribution in [3.8, 4) is 5.75 Å². The van der Waals surface area contributed by atoms with Crippen LogP contribution in [0.2, 0.25) is 5.02 Å². The molecule has 4 aromatic rings. The van der Waals surface area contributed by atoms with Gasteiger partial charge in [0.2, 0.25) is 11.8 Å². The summed E-state index contributed by atoms with van der Waals surface area (Å²) in [5.41, 5.74) is 2.25. The topological polar surface area (TPSA) is 161 Å². The Balaban J connectivity index is 1.07. The summed E-state index contributed by atoms with van der Waals surface area (Å²) in [6.45, 7) is 3.58. The average Bonchev–Trinajstić information content (AvgIpc) is 3.90. The molecule has 2 aliphatic carbocycles. The number of anilines is 2. The predicted molar refractivity (Wildman–Crippen MR) is 201 cm³/mol. The number of hydrogen-bond acceptors (Lipinski definition) is 11. The zero-order chi connectivity index (χ0) is 37.8. The lowest BCUT2D eigenvalue weighted by atomic mass is 9.68. The van der Waals surface area contributed by atoms with Gasteiger partial charge in [0.05, 0.1) is 46.9 Å². The Bertz CT molecular complexity index is 2240. The van der Waals surface area contributed by atoms with Crippen LogP contribution in [0, 0.1) is 29.6 Å². The Labute approximate surface area is 322 Å². The highest BCUT2D eigenvalue weighted by Gasteiger charge is 2.70. The maximum atomic E-state index is 14.2. The molecule has 54 heavy (non-hydrogen) atoms. The number of H-pyrrole nitrogens is 1. The summed E-state index contributed by atoms with van der Waals surface area (Å²) in [6, 6.07) is 17.8. The number of benzene rings is 3. The van der Waals surface area contributed by atoms with Crippen LogP contribution in [0.5, 0.6) is 5.75 Å². The second-order valence-corrected chi connectivity index (χ2v) is 16.2. The third-order valence-corrected chi connectivity index (χ3v) is 13.5. The number of nitrogens with zero attached hydrogens (tertiary/aromatic N) is 1. The van der Waals surface area contributed by atoms with Gasteiger partial charge in [-0.15, -0.1) is 11.8 Å². The molecule has 0 radical (unpaired) electrons. The summed E-state index contributed by atoms with van der Waals surface area (Å²) in [5.74, 6) is -3.42. The van der Waals surface area contributed by atoms with E-state index in [1.807, 2.05) is 0 Å². The van der Waals surface area contributed by atoms with E-state index >= 15 is 0 Å². The van der Waals surface area contributed by atoms with Crippen molar-refractivity contribution in [1.82, 2.24) is 4.98 Å². The normalized spacial score (nSPS) is 24.8. The molecule has 8 rings (SSSR count). The molecule has 1 saturated heterocycles. The summed E-state index contributed by atoms with van der Waals surface area (Å²) < 4.78 is 16.3. The van der Waals surface area contributed by atoms with E-state index in [0.29, 0.717) is 45.3 Å². The van der Waals surface area contributed by atoms with E-state index in [-0.39, 0.29) is 59.5 Å². The van der Waals surface area contributed by atoms with E-state index in [1.165, 1.54) is 4.90 Å². The van der Waals surface area contributed by atoms with Crippen molar-refractivity contribution in [1.29, 1.82) is 0 Å². The number of halogens is 1. The van der Waals surface area contributed by atoms with Gasteiger partial charge in [0.15, 0.2) is 6.61 Å². The fraction of sp³-hybridized carbons (Fsp3) is 0.333. The first-order valence-electron chi connectivity index (χ1n) is 17.6. The fourth-order valence-electron chi connectivity index (χ4n) is 8.72. The Hall–Kier alpha value is -4.92. The molecule has 278 valence electrons. The molecule has 3 fully saturated rings. The molecule has 2 aliphatic heterocycles. The van der Waals surface area contributed by atoms with Gasteiger partial charge >= 0.3 is 16.8 Å². The van der Waals surface area contributed by atoms with Crippen LogP contribution in [0.3, 0.4) is 0 Å². The number of amides is 3. The molecule has 3 heterocycles.